The minimum atomic E-state index is -3.52. The Morgan fingerprint density at radius 1 is 1.36 bits per heavy atom. The van der Waals surface area contributed by atoms with E-state index in [1.165, 1.54) is 6.07 Å². The maximum absolute atomic E-state index is 12.0. The number of hydrogen-bond donors (Lipinski definition) is 3. The van der Waals surface area contributed by atoms with Gasteiger partial charge in [0.25, 0.3) is 0 Å². The van der Waals surface area contributed by atoms with Crippen LogP contribution in [0.5, 0.6) is 0 Å². The SMILES string of the molecule is NC(=NCCCN1CCOCC1)NCCNS(=O)(=O)c1ccc(Cl)s1. The summed E-state index contributed by atoms with van der Waals surface area (Å²) in [7, 11) is -3.52. The number of thiophene rings is 1. The van der Waals surface area contributed by atoms with E-state index in [1.807, 2.05) is 0 Å². The zero-order valence-electron chi connectivity index (χ0n) is 13.9. The lowest BCUT2D eigenvalue weighted by Crippen LogP contribution is -2.39. The Balaban J connectivity index is 1.58. The number of nitrogens with zero attached hydrogens (tertiary/aromatic N) is 2. The molecule has 1 aliphatic heterocycles. The molecule has 0 unspecified atom stereocenters. The predicted molar refractivity (Wildman–Crippen MR) is 101 cm³/mol. The van der Waals surface area contributed by atoms with Crippen molar-refractivity contribution in [1.82, 2.24) is 14.9 Å². The predicted octanol–water partition coefficient (Wildman–Crippen LogP) is 0.306. The van der Waals surface area contributed by atoms with Crippen LogP contribution < -0.4 is 15.8 Å². The first-order chi connectivity index (χ1) is 12.0. The van der Waals surface area contributed by atoms with Gasteiger partial charge in [0.15, 0.2) is 5.96 Å². The molecule has 0 bridgehead atoms. The maximum atomic E-state index is 12.0. The van der Waals surface area contributed by atoms with Crippen molar-refractivity contribution >= 4 is 38.9 Å². The van der Waals surface area contributed by atoms with Crippen molar-refractivity contribution in [3.63, 3.8) is 0 Å². The Kier molecular flexibility index (Phi) is 8.40. The first-order valence-electron chi connectivity index (χ1n) is 8.06. The second kappa shape index (κ2) is 10.3. The highest BCUT2D eigenvalue weighted by Crippen LogP contribution is 2.25. The third kappa shape index (κ3) is 7.47. The fraction of sp³-hybridized carbons (Fsp3) is 0.643. The summed E-state index contributed by atoms with van der Waals surface area (Å²) >= 11 is 6.77. The highest BCUT2D eigenvalue weighted by Gasteiger charge is 2.15. The van der Waals surface area contributed by atoms with Crippen LogP contribution in [0.4, 0.5) is 0 Å². The van der Waals surface area contributed by atoms with Crippen LogP contribution in [-0.2, 0) is 14.8 Å². The van der Waals surface area contributed by atoms with E-state index in [2.05, 4.69) is 19.9 Å². The second-order valence-electron chi connectivity index (χ2n) is 5.46. The first kappa shape index (κ1) is 20.4. The summed E-state index contributed by atoms with van der Waals surface area (Å²) in [5.74, 6) is 0.320. The van der Waals surface area contributed by atoms with Gasteiger partial charge in [-0.15, -0.1) is 11.3 Å². The number of aliphatic imine (C=N–C) groups is 1. The van der Waals surface area contributed by atoms with E-state index in [9.17, 15) is 8.42 Å². The molecule has 0 atom stereocenters. The van der Waals surface area contributed by atoms with Crippen LogP contribution in [0.25, 0.3) is 0 Å². The number of hydrogen-bond acceptors (Lipinski definition) is 6. The Labute approximate surface area is 157 Å². The van der Waals surface area contributed by atoms with Gasteiger partial charge in [-0.3, -0.25) is 9.89 Å². The highest BCUT2D eigenvalue weighted by molar-refractivity contribution is 7.91. The molecule has 2 heterocycles. The molecule has 2 rings (SSSR count). The molecule has 1 saturated heterocycles. The van der Waals surface area contributed by atoms with Gasteiger partial charge in [0, 0.05) is 39.3 Å². The van der Waals surface area contributed by atoms with E-state index in [1.54, 1.807) is 6.07 Å². The topological polar surface area (TPSA) is 109 Å². The summed E-state index contributed by atoms with van der Waals surface area (Å²) in [5, 5.41) is 2.89. The van der Waals surface area contributed by atoms with E-state index in [0.29, 0.717) is 23.4 Å². The van der Waals surface area contributed by atoms with Crippen LogP contribution in [0.2, 0.25) is 4.34 Å². The van der Waals surface area contributed by atoms with Crippen molar-refractivity contribution in [3.05, 3.63) is 16.5 Å². The van der Waals surface area contributed by atoms with Gasteiger partial charge >= 0.3 is 0 Å². The van der Waals surface area contributed by atoms with Crippen LogP contribution in [0.3, 0.4) is 0 Å². The van der Waals surface area contributed by atoms with Gasteiger partial charge in [0.2, 0.25) is 10.0 Å². The molecule has 11 heteroatoms. The van der Waals surface area contributed by atoms with E-state index < -0.39 is 10.0 Å². The number of sulfonamides is 1. The summed E-state index contributed by atoms with van der Waals surface area (Å²) in [6, 6.07) is 3.04. The van der Waals surface area contributed by atoms with Crippen LogP contribution in [0.15, 0.2) is 21.3 Å². The molecule has 1 aliphatic rings. The smallest absolute Gasteiger partial charge is 0.250 e. The van der Waals surface area contributed by atoms with E-state index in [0.717, 1.165) is 50.6 Å². The van der Waals surface area contributed by atoms with E-state index in [-0.39, 0.29) is 10.8 Å². The number of nitrogens with two attached hydrogens (primary N) is 1. The lowest BCUT2D eigenvalue weighted by atomic mass is 10.3. The lowest BCUT2D eigenvalue weighted by molar-refractivity contribution is 0.0377. The van der Waals surface area contributed by atoms with Gasteiger partial charge in [-0.05, 0) is 18.6 Å². The Hall–Kier alpha value is -0.910. The van der Waals surface area contributed by atoms with Crippen LogP contribution >= 0.6 is 22.9 Å². The monoisotopic (exact) mass is 409 g/mol. The zero-order chi connectivity index (χ0) is 18.1. The fourth-order valence-corrected chi connectivity index (χ4v) is 4.82. The molecule has 142 valence electrons. The van der Waals surface area contributed by atoms with Crippen LogP contribution in [-0.4, -0.2) is 71.8 Å². The standard InChI is InChI=1S/C14H24ClN5O3S2/c15-12-2-3-13(24-12)25(21,22)19-6-5-18-14(16)17-4-1-7-20-8-10-23-11-9-20/h2-3,19H,1,4-11H2,(H3,16,17,18). The molecule has 0 saturated carbocycles. The minimum absolute atomic E-state index is 0.197. The maximum Gasteiger partial charge on any atom is 0.250 e. The van der Waals surface area contributed by atoms with Gasteiger partial charge in [-0.2, -0.15) is 0 Å². The molecule has 25 heavy (non-hydrogen) atoms. The molecule has 4 N–H and O–H groups in total. The number of halogens is 1. The molecule has 1 aromatic heterocycles. The van der Waals surface area contributed by atoms with Crippen molar-refractivity contribution < 1.29 is 13.2 Å². The fourth-order valence-electron chi connectivity index (χ4n) is 2.26. The second-order valence-corrected chi connectivity index (χ2v) is 9.17. The van der Waals surface area contributed by atoms with Gasteiger partial charge in [-0.25, -0.2) is 13.1 Å². The Bertz CT molecular complexity index is 659. The molecule has 0 aromatic carbocycles. The number of morpholine rings is 1. The molecule has 1 aromatic rings. The van der Waals surface area contributed by atoms with E-state index >= 15 is 0 Å². The Morgan fingerprint density at radius 3 is 2.80 bits per heavy atom. The molecular weight excluding hydrogens is 386 g/mol. The first-order valence-corrected chi connectivity index (χ1v) is 10.7. The van der Waals surface area contributed by atoms with Crippen LogP contribution in [0.1, 0.15) is 6.42 Å². The summed E-state index contributed by atoms with van der Waals surface area (Å²) in [6.07, 6.45) is 0.925. The molecular formula is C14H24ClN5O3S2. The molecule has 0 spiro atoms. The summed E-state index contributed by atoms with van der Waals surface area (Å²) in [4.78, 5) is 6.58. The number of nitrogens with one attached hydrogen (secondary N) is 2. The van der Waals surface area contributed by atoms with Gasteiger partial charge in [0.1, 0.15) is 4.21 Å². The van der Waals surface area contributed by atoms with Crippen molar-refractivity contribution in [2.75, 3.05) is 52.5 Å². The number of ether oxygens (including phenoxy) is 1. The summed E-state index contributed by atoms with van der Waals surface area (Å²) in [6.45, 7) is 5.69. The minimum Gasteiger partial charge on any atom is -0.379 e. The van der Waals surface area contributed by atoms with E-state index in [4.69, 9.17) is 22.1 Å². The van der Waals surface area contributed by atoms with Crippen molar-refractivity contribution in [1.29, 1.82) is 0 Å². The third-order valence-corrected chi connectivity index (χ3v) is 6.74. The lowest BCUT2D eigenvalue weighted by Gasteiger charge is -2.26. The summed E-state index contributed by atoms with van der Waals surface area (Å²) in [5.41, 5.74) is 5.77. The molecule has 1 fully saturated rings. The quantitative estimate of drug-likeness (QED) is 0.307. The van der Waals surface area contributed by atoms with Gasteiger partial charge in [-0.1, -0.05) is 11.6 Å². The average molecular weight is 410 g/mol. The van der Waals surface area contributed by atoms with Crippen molar-refractivity contribution in [3.8, 4) is 0 Å². The van der Waals surface area contributed by atoms with Crippen molar-refractivity contribution in [2.24, 2.45) is 10.7 Å². The largest absolute Gasteiger partial charge is 0.379 e. The van der Waals surface area contributed by atoms with Crippen LogP contribution in [0, 0.1) is 0 Å². The van der Waals surface area contributed by atoms with Gasteiger partial charge in [0.05, 0.1) is 17.6 Å². The molecule has 0 aliphatic carbocycles. The zero-order valence-corrected chi connectivity index (χ0v) is 16.3. The average Bonchev–Trinajstić information content (AvgIpc) is 3.04. The number of rotatable bonds is 9. The van der Waals surface area contributed by atoms with Crippen molar-refractivity contribution in [2.45, 2.75) is 10.6 Å². The molecule has 0 radical (unpaired) electrons. The normalized spacial score (nSPS) is 16.9. The van der Waals surface area contributed by atoms with Gasteiger partial charge < -0.3 is 15.8 Å². The number of guanidine groups is 1. The Morgan fingerprint density at radius 2 is 2.12 bits per heavy atom. The third-order valence-electron chi connectivity index (χ3n) is 3.55. The highest BCUT2D eigenvalue weighted by atomic mass is 35.5. The molecule has 8 nitrogen and oxygen atoms in total. The summed E-state index contributed by atoms with van der Waals surface area (Å²) < 4.78 is 32.4. The molecule has 0 amide bonds.